The van der Waals surface area contributed by atoms with Crippen molar-refractivity contribution >= 4 is 41.1 Å². The van der Waals surface area contributed by atoms with E-state index in [-0.39, 0.29) is 10.6 Å². The van der Waals surface area contributed by atoms with Crippen molar-refractivity contribution in [1.29, 1.82) is 0 Å². The van der Waals surface area contributed by atoms with Crippen molar-refractivity contribution in [3.63, 3.8) is 0 Å². The minimum Gasteiger partial charge on any atom is -0.329 e. The SMILES string of the molecule is Cn1cc([N+]23C=CN=CC2=NC(Nc2ccc4c(c2)NC(=O)NC4(C)C)=N3)cn1. The zero-order chi connectivity index (χ0) is 20.2. The first-order valence-corrected chi connectivity index (χ1v) is 9.15. The summed E-state index contributed by atoms with van der Waals surface area (Å²) in [6.07, 6.45) is 8.89. The normalized spacial score (nSPS) is 23.5. The van der Waals surface area contributed by atoms with E-state index in [1.54, 1.807) is 23.3 Å². The molecule has 0 spiro atoms. The number of aryl methyl sites for hydroxylation is 1. The van der Waals surface area contributed by atoms with Gasteiger partial charge in [0.2, 0.25) is 5.69 Å². The number of rotatable bonds is 2. The number of amidine groups is 1. The fourth-order valence-corrected chi connectivity index (χ4v) is 3.70. The number of carbonyl (C=O) groups excluding carboxylic acids is 1. The van der Waals surface area contributed by atoms with E-state index >= 15 is 0 Å². The summed E-state index contributed by atoms with van der Waals surface area (Å²) in [6, 6.07) is 5.58. The first-order chi connectivity index (χ1) is 13.9. The highest BCUT2D eigenvalue weighted by Crippen LogP contribution is 2.34. The molecule has 2 aromatic rings. The molecule has 10 nitrogen and oxygen atoms in total. The van der Waals surface area contributed by atoms with Gasteiger partial charge in [0.1, 0.15) is 12.4 Å². The summed E-state index contributed by atoms with van der Waals surface area (Å²) in [5.74, 6) is 1.11. The third-order valence-electron chi connectivity index (χ3n) is 5.09. The Morgan fingerprint density at radius 3 is 2.93 bits per heavy atom. The number of carbonyl (C=O) groups is 1. The molecular weight excluding hydrogens is 370 g/mol. The molecule has 5 rings (SSSR count). The lowest BCUT2D eigenvalue weighted by molar-refractivity contribution is 0.239. The van der Waals surface area contributed by atoms with Gasteiger partial charge in [-0.3, -0.25) is 9.67 Å². The van der Waals surface area contributed by atoms with Gasteiger partial charge in [0, 0.05) is 24.0 Å². The number of guanidine groups is 1. The number of urea groups is 1. The summed E-state index contributed by atoms with van der Waals surface area (Å²) < 4.78 is 1.79. The Balaban J connectivity index is 1.50. The predicted octanol–water partition coefficient (Wildman–Crippen LogP) is 2.45. The average Bonchev–Trinajstić information content (AvgIpc) is 3.24. The van der Waals surface area contributed by atoms with Crippen LogP contribution in [0, 0.1) is 0 Å². The minimum absolute atomic E-state index is 0.0678. The van der Waals surface area contributed by atoms with Crippen LogP contribution < -0.4 is 20.5 Å². The molecule has 0 fully saturated rings. The van der Waals surface area contributed by atoms with Crippen molar-refractivity contribution in [3.8, 4) is 0 Å². The van der Waals surface area contributed by atoms with Gasteiger partial charge in [0.05, 0.1) is 17.9 Å². The standard InChI is InChI=1S/C19H19N9O/c1-19(2)14-5-4-12(8-15(14)23-18(29)25-19)22-17-24-16-10-20-6-7-28(16,26-17)13-9-21-27(3)11-13/h4-11H,1-3H3,(H2-,22,23,25,26,29)/p+1. The van der Waals surface area contributed by atoms with Crippen molar-refractivity contribution in [3.05, 3.63) is 48.6 Å². The maximum atomic E-state index is 11.9. The van der Waals surface area contributed by atoms with Gasteiger partial charge in [-0.15, -0.1) is 0 Å². The number of fused-ring (bicyclic) bond motifs is 2. The number of nitrogens with one attached hydrogen (secondary N) is 3. The zero-order valence-electron chi connectivity index (χ0n) is 16.2. The molecule has 10 heteroatoms. The van der Waals surface area contributed by atoms with Gasteiger partial charge in [-0.2, -0.15) is 10.1 Å². The predicted molar refractivity (Wildman–Crippen MR) is 113 cm³/mol. The Labute approximate surface area is 166 Å². The quantitative estimate of drug-likeness (QED) is 0.686. The molecule has 3 aliphatic heterocycles. The van der Waals surface area contributed by atoms with Gasteiger partial charge in [0.25, 0.3) is 11.8 Å². The van der Waals surface area contributed by atoms with Crippen LogP contribution in [0.1, 0.15) is 19.4 Å². The Morgan fingerprint density at radius 2 is 2.14 bits per heavy atom. The van der Waals surface area contributed by atoms with Crippen LogP contribution in [-0.2, 0) is 12.6 Å². The van der Waals surface area contributed by atoms with Crippen molar-refractivity contribution < 1.29 is 4.79 Å². The lowest BCUT2D eigenvalue weighted by Crippen LogP contribution is -2.47. The summed E-state index contributed by atoms with van der Waals surface area (Å²) >= 11 is 0. The molecule has 1 aromatic heterocycles. The van der Waals surface area contributed by atoms with Crippen molar-refractivity contribution in [2.45, 2.75) is 19.4 Å². The second-order valence-electron chi connectivity index (χ2n) is 7.62. The van der Waals surface area contributed by atoms with E-state index in [0.717, 1.165) is 22.6 Å². The summed E-state index contributed by atoms with van der Waals surface area (Å²) in [5, 5.41) is 18.1. The number of amides is 2. The van der Waals surface area contributed by atoms with E-state index in [9.17, 15) is 4.79 Å². The second-order valence-corrected chi connectivity index (χ2v) is 7.62. The molecule has 1 atom stereocenters. The Kier molecular flexibility index (Phi) is 3.49. The number of aliphatic imine (C=N–C) groups is 2. The zero-order valence-corrected chi connectivity index (χ0v) is 16.2. The first-order valence-electron chi connectivity index (χ1n) is 9.15. The highest BCUT2D eigenvalue weighted by atomic mass is 16.2. The summed E-state index contributed by atoms with van der Waals surface area (Å²) in [5.41, 5.74) is 2.95. The molecule has 1 aromatic carbocycles. The topological polar surface area (TPSA) is 108 Å². The largest absolute Gasteiger partial charge is 0.329 e. The van der Waals surface area contributed by atoms with Crippen LogP contribution in [0.3, 0.4) is 0 Å². The summed E-state index contributed by atoms with van der Waals surface area (Å²) in [7, 11) is 1.86. The number of nitrogens with zero attached hydrogens (tertiary/aromatic N) is 6. The third-order valence-corrected chi connectivity index (χ3v) is 5.09. The van der Waals surface area contributed by atoms with Crippen molar-refractivity contribution in [1.82, 2.24) is 19.7 Å². The maximum Gasteiger partial charge on any atom is 0.319 e. The van der Waals surface area contributed by atoms with Crippen LogP contribution in [-0.4, -0.2) is 33.8 Å². The highest BCUT2D eigenvalue weighted by molar-refractivity contribution is 6.38. The molecule has 0 saturated carbocycles. The molecule has 0 bridgehead atoms. The molecule has 3 N–H and O–H groups in total. The summed E-state index contributed by atoms with van der Waals surface area (Å²) in [6.45, 7) is 3.94. The van der Waals surface area contributed by atoms with Gasteiger partial charge in [0.15, 0.2) is 6.20 Å². The minimum atomic E-state index is -0.446. The first kappa shape index (κ1) is 17.3. The molecule has 3 aliphatic rings. The Morgan fingerprint density at radius 1 is 1.28 bits per heavy atom. The fraction of sp³-hybridized carbons (Fsp3) is 0.211. The molecule has 0 aliphatic carbocycles. The molecule has 0 saturated heterocycles. The maximum absolute atomic E-state index is 11.9. The number of hydrogen-bond acceptors (Lipinski definition) is 6. The monoisotopic (exact) mass is 390 g/mol. The Bertz CT molecular complexity index is 1150. The fourth-order valence-electron chi connectivity index (χ4n) is 3.70. The highest BCUT2D eigenvalue weighted by Gasteiger charge is 2.43. The van der Waals surface area contributed by atoms with Crippen molar-refractivity contribution in [2.75, 3.05) is 10.6 Å². The van der Waals surface area contributed by atoms with Crippen LogP contribution in [0.4, 0.5) is 21.9 Å². The average molecular weight is 390 g/mol. The lowest BCUT2D eigenvalue weighted by atomic mass is 9.91. The smallest absolute Gasteiger partial charge is 0.319 e. The van der Waals surface area contributed by atoms with Gasteiger partial charge < -0.3 is 16.0 Å². The molecule has 1 unspecified atom stereocenters. The van der Waals surface area contributed by atoms with Gasteiger partial charge in [-0.05, 0) is 31.1 Å². The van der Waals surface area contributed by atoms with Crippen LogP contribution in [0.5, 0.6) is 0 Å². The summed E-state index contributed by atoms with van der Waals surface area (Å²) in [4.78, 5) is 20.7. The van der Waals surface area contributed by atoms with Crippen molar-refractivity contribution in [2.24, 2.45) is 22.1 Å². The molecule has 146 valence electrons. The molecule has 0 radical (unpaired) electrons. The molecule has 2 amide bonds. The second kappa shape index (κ2) is 5.85. The van der Waals surface area contributed by atoms with E-state index in [4.69, 9.17) is 5.10 Å². The lowest BCUT2D eigenvalue weighted by Gasteiger charge is -2.34. The van der Waals surface area contributed by atoms with E-state index in [1.165, 1.54) is 0 Å². The molecular formula is C19H20N9O+. The van der Waals surface area contributed by atoms with E-state index in [2.05, 4.69) is 31.0 Å². The van der Waals surface area contributed by atoms with Gasteiger partial charge in [-0.1, -0.05) is 10.7 Å². The van der Waals surface area contributed by atoms with E-state index in [0.29, 0.717) is 11.8 Å². The number of aromatic nitrogens is 2. The van der Waals surface area contributed by atoms with Crippen LogP contribution in [0.2, 0.25) is 0 Å². The van der Waals surface area contributed by atoms with E-state index < -0.39 is 5.54 Å². The van der Waals surface area contributed by atoms with Gasteiger partial charge >= 0.3 is 6.03 Å². The van der Waals surface area contributed by atoms with Crippen LogP contribution in [0.15, 0.2) is 58.1 Å². The molecule has 29 heavy (non-hydrogen) atoms. The van der Waals surface area contributed by atoms with Crippen LogP contribution in [0.25, 0.3) is 0 Å². The number of quaternary nitrogens is 1. The van der Waals surface area contributed by atoms with Crippen LogP contribution >= 0.6 is 0 Å². The van der Waals surface area contributed by atoms with Gasteiger partial charge in [-0.25, -0.2) is 4.79 Å². The third kappa shape index (κ3) is 2.72. The number of hydrogen-bond donors (Lipinski definition) is 3. The molecule has 4 heterocycles. The van der Waals surface area contributed by atoms with E-state index in [1.807, 2.05) is 51.5 Å². The Hall–Kier alpha value is -3.79. The number of anilines is 2. The number of benzene rings is 1.